The molecule has 0 aliphatic carbocycles. The molecular formula is C11H13BrFNO2. The van der Waals surface area contributed by atoms with E-state index in [0.29, 0.717) is 16.6 Å². The van der Waals surface area contributed by atoms with Gasteiger partial charge >= 0.3 is 5.97 Å². The number of carbonyl (C=O) groups excluding carboxylic acids is 1. The highest BCUT2D eigenvalue weighted by Gasteiger charge is 2.17. The van der Waals surface area contributed by atoms with Crippen LogP contribution in [0, 0.1) is 5.82 Å². The summed E-state index contributed by atoms with van der Waals surface area (Å²) in [7, 11) is 0. The Balaban J connectivity index is 2.76. The zero-order valence-corrected chi connectivity index (χ0v) is 10.5. The van der Waals surface area contributed by atoms with Gasteiger partial charge in [0.2, 0.25) is 0 Å². The maximum absolute atomic E-state index is 13.6. The van der Waals surface area contributed by atoms with Crippen LogP contribution in [0.1, 0.15) is 24.9 Å². The van der Waals surface area contributed by atoms with E-state index in [4.69, 9.17) is 10.5 Å². The second-order valence-corrected chi connectivity index (χ2v) is 4.11. The third-order valence-corrected chi connectivity index (χ3v) is 2.69. The van der Waals surface area contributed by atoms with Gasteiger partial charge in [-0.15, -0.1) is 0 Å². The lowest BCUT2D eigenvalue weighted by Gasteiger charge is -2.12. The monoisotopic (exact) mass is 289 g/mol. The highest BCUT2D eigenvalue weighted by Crippen LogP contribution is 2.24. The Hall–Kier alpha value is -0.940. The van der Waals surface area contributed by atoms with E-state index in [-0.39, 0.29) is 6.42 Å². The van der Waals surface area contributed by atoms with Crippen molar-refractivity contribution >= 4 is 21.9 Å². The van der Waals surface area contributed by atoms with Crippen molar-refractivity contribution in [3.05, 3.63) is 34.1 Å². The molecule has 5 heteroatoms. The van der Waals surface area contributed by atoms with Gasteiger partial charge in [-0.3, -0.25) is 4.79 Å². The van der Waals surface area contributed by atoms with Gasteiger partial charge in [-0.1, -0.05) is 12.1 Å². The molecule has 0 aliphatic rings. The lowest BCUT2D eigenvalue weighted by molar-refractivity contribution is -0.143. The maximum Gasteiger partial charge on any atom is 0.307 e. The minimum absolute atomic E-state index is 0.0266. The van der Waals surface area contributed by atoms with Crippen LogP contribution in [0.2, 0.25) is 0 Å². The fourth-order valence-electron chi connectivity index (χ4n) is 1.32. The van der Waals surface area contributed by atoms with Crippen molar-refractivity contribution in [1.82, 2.24) is 0 Å². The minimum atomic E-state index is -0.684. The van der Waals surface area contributed by atoms with Crippen LogP contribution in [0.15, 0.2) is 22.7 Å². The van der Waals surface area contributed by atoms with Crippen molar-refractivity contribution in [2.45, 2.75) is 19.4 Å². The Bertz CT molecular complexity index is 384. The number of carbonyl (C=O) groups is 1. The Labute approximate surface area is 102 Å². The molecule has 0 aliphatic heterocycles. The molecule has 1 rings (SSSR count). The molecular weight excluding hydrogens is 277 g/mol. The van der Waals surface area contributed by atoms with Gasteiger partial charge in [0.15, 0.2) is 0 Å². The molecule has 0 spiro atoms. The third-order valence-electron chi connectivity index (χ3n) is 2.07. The summed E-state index contributed by atoms with van der Waals surface area (Å²) in [6.45, 7) is 2.01. The molecule has 0 saturated carbocycles. The average Bonchev–Trinajstić information content (AvgIpc) is 2.22. The van der Waals surface area contributed by atoms with Gasteiger partial charge < -0.3 is 10.5 Å². The van der Waals surface area contributed by atoms with Gasteiger partial charge in [0, 0.05) is 11.6 Å². The Kier molecular flexibility index (Phi) is 4.89. The molecule has 0 fully saturated rings. The first-order valence-electron chi connectivity index (χ1n) is 4.91. The fourth-order valence-corrected chi connectivity index (χ4v) is 1.70. The molecule has 0 radical (unpaired) electrons. The Morgan fingerprint density at radius 1 is 1.62 bits per heavy atom. The lowest BCUT2D eigenvalue weighted by Crippen LogP contribution is -2.18. The van der Waals surface area contributed by atoms with Gasteiger partial charge in [-0.25, -0.2) is 4.39 Å². The van der Waals surface area contributed by atoms with Crippen molar-refractivity contribution in [1.29, 1.82) is 0 Å². The molecule has 1 aromatic carbocycles. The number of esters is 1. The summed E-state index contributed by atoms with van der Waals surface area (Å²) >= 11 is 3.06. The first-order valence-corrected chi connectivity index (χ1v) is 5.70. The molecule has 16 heavy (non-hydrogen) atoms. The van der Waals surface area contributed by atoms with E-state index < -0.39 is 17.8 Å². The fraction of sp³-hybridized carbons (Fsp3) is 0.364. The summed E-state index contributed by atoms with van der Waals surface area (Å²) in [5.74, 6) is -0.853. The Morgan fingerprint density at radius 3 is 2.94 bits per heavy atom. The van der Waals surface area contributed by atoms with Crippen LogP contribution in [-0.2, 0) is 9.53 Å². The molecule has 0 unspecified atom stereocenters. The van der Waals surface area contributed by atoms with Gasteiger partial charge in [-0.05, 0) is 28.9 Å². The normalized spacial score (nSPS) is 12.2. The van der Waals surface area contributed by atoms with Crippen LogP contribution >= 0.6 is 15.9 Å². The summed E-state index contributed by atoms with van der Waals surface area (Å²) in [4.78, 5) is 11.2. The number of ether oxygens (including phenoxy) is 1. The third kappa shape index (κ3) is 3.28. The molecule has 1 aromatic rings. The van der Waals surface area contributed by atoms with Crippen molar-refractivity contribution in [2.75, 3.05) is 6.61 Å². The molecule has 0 heterocycles. The number of nitrogens with two attached hydrogens (primary N) is 1. The summed E-state index contributed by atoms with van der Waals surface area (Å²) < 4.78 is 18.7. The van der Waals surface area contributed by atoms with Crippen molar-refractivity contribution < 1.29 is 13.9 Å². The van der Waals surface area contributed by atoms with Crippen molar-refractivity contribution in [3.63, 3.8) is 0 Å². The average molecular weight is 290 g/mol. The van der Waals surface area contributed by atoms with E-state index in [1.54, 1.807) is 25.1 Å². The first-order chi connectivity index (χ1) is 7.56. The summed E-state index contributed by atoms with van der Waals surface area (Å²) in [5.41, 5.74) is 6.04. The van der Waals surface area contributed by atoms with Crippen LogP contribution in [0.3, 0.4) is 0 Å². The largest absolute Gasteiger partial charge is 0.466 e. The number of rotatable bonds is 4. The maximum atomic E-state index is 13.6. The van der Waals surface area contributed by atoms with Crippen LogP contribution < -0.4 is 5.73 Å². The van der Waals surface area contributed by atoms with E-state index in [1.165, 1.54) is 0 Å². The van der Waals surface area contributed by atoms with Crippen LogP contribution in [0.4, 0.5) is 4.39 Å². The SMILES string of the molecule is CCOC(=O)C[C@@H](N)c1cccc(Br)c1F. The number of halogens is 2. The lowest BCUT2D eigenvalue weighted by atomic mass is 10.0. The molecule has 0 bridgehead atoms. The van der Waals surface area contributed by atoms with E-state index in [2.05, 4.69) is 15.9 Å². The van der Waals surface area contributed by atoms with E-state index in [0.717, 1.165) is 0 Å². The highest BCUT2D eigenvalue weighted by molar-refractivity contribution is 9.10. The van der Waals surface area contributed by atoms with E-state index >= 15 is 0 Å². The highest BCUT2D eigenvalue weighted by atomic mass is 79.9. The van der Waals surface area contributed by atoms with Gasteiger partial charge in [0.25, 0.3) is 0 Å². The van der Waals surface area contributed by atoms with Crippen LogP contribution in [0.25, 0.3) is 0 Å². The van der Waals surface area contributed by atoms with Gasteiger partial charge in [-0.2, -0.15) is 0 Å². The molecule has 88 valence electrons. The standard InChI is InChI=1S/C11H13BrFNO2/c1-2-16-10(15)6-9(14)7-4-3-5-8(12)11(7)13/h3-5,9H,2,6,14H2,1H3/t9-/m1/s1. The molecule has 1 atom stereocenters. The predicted molar refractivity (Wildman–Crippen MR) is 62.3 cm³/mol. The summed E-state index contributed by atoms with van der Waals surface area (Å²) in [6, 6.07) is 4.13. The molecule has 0 amide bonds. The second-order valence-electron chi connectivity index (χ2n) is 3.26. The summed E-state index contributed by atoms with van der Waals surface area (Å²) in [6.07, 6.45) is -0.0266. The molecule has 0 saturated heterocycles. The number of hydrogen-bond donors (Lipinski definition) is 1. The van der Waals surface area contributed by atoms with Crippen LogP contribution in [0.5, 0.6) is 0 Å². The molecule has 3 nitrogen and oxygen atoms in total. The minimum Gasteiger partial charge on any atom is -0.466 e. The van der Waals surface area contributed by atoms with E-state index in [1.807, 2.05) is 0 Å². The molecule has 0 aromatic heterocycles. The first kappa shape index (κ1) is 13.1. The number of hydrogen-bond acceptors (Lipinski definition) is 3. The van der Waals surface area contributed by atoms with Gasteiger partial charge in [0.1, 0.15) is 5.82 Å². The molecule has 2 N–H and O–H groups in total. The predicted octanol–water partition coefficient (Wildman–Crippen LogP) is 2.54. The zero-order chi connectivity index (χ0) is 12.1. The zero-order valence-electron chi connectivity index (χ0n) is 8.87. The van der Waals surface area contributed by atoms with Crippen molar-refractivity contribution in [2.24, 2.45) is 5.73 Å². The van der Waals surface area contributed by atoms with E-state index in [9.17, 15) is 9.18 Å². The Morgan fingerprint density at radius 2 is 2.31 bits per heavy atom. The topological polar surface area (TPSA) is 52.3 Å². The second kappa shape index (κ2) is 5.96. The van der Waals surface area contributed by atoms with Gasteiger partial charge in [0.05, 0.1) is 17.5 Å². The quantitative estimate of drug-likeness (QED) is 0.867. The van der Waals surface area contributed by atoms with Crippen molar-refractivity contribution in [3.8, 4) is 0 Å². The van der Waals surface area contributed by atoms with Crippen LogP contribution in [-0.4, -0.2) is 12.6 Å². The number of benzene rings is 1. The smallest absolute Gasteiger partial charge is 0.307 e. The summed E-state index contributed by atoms with van der Waals surface area (Å²) in [5, 5.41) is 0.